The Morgan fingerprint density at radius 2 is 1.74 bits per heavy atom. The van der Waals surface area contributed by atoms with Gasteiger partial charge >= 0.3 is 6.18 Å². The van der Waals surface area contributed by atoms with Crippen molar-refractivity contribution < 1.29 is 17.9 Å². The number of hydrogen-bond acceptors (Lipinski definition) is 5. The third-order valence-corrected chi connectivity index (χ3v) is 5.86. The molecule has 0 spiro atoms. The summed E-state index contributed by atoms with van der Waals surface area (Å²) in [6.45, 7) is 1.84. The SMILES string of the molecule is Cc1cc(-c2nn(-c3ccccc3)c3c2C(c2ccc(C(F)(F)F)cc2)C(C#N)=C(N)O3)n(C)n1. The first-order valence-corrected chi connectivity index (χ1v) is 10.6. The first-order valence-electron chi connectivity index (χ1n) is 10.6. The van der Waals surface area contributed by atoms with Crippen molar-refractivity contribution in [3.8, 4) is 29.0 Å². The van der Waals surface area contributed by atoms with E-state index in [1.165, 1.54) is 12.1 Å². The number of nitriles is 1. The molecule has 10 heteroatoms. The van der Waals surface area contributed by atoms with Gasteiger partial charge in [-0.3, -0.25) is 4.68 Å². The topological polar surface area (TPSA) is 94.7 Å². The van der Waals surface area contributed by atoms with Gasteiger partial charge in [0.05, 0.1) is 34.1 Å². The number of fused-ring (bicyclic) bond motifs is 1. The van der Waals surface area contributed by atoms with Crippen molar-refractivity contribution in [1.29, 1.82) is 5.26 Å². The molecule has 2 N–H and O–H groups in total. The van der Waals surface area contributed by atoms with Gasteiger partial charge in [0.1, 0.15) is 17.3 Å². The molecule has 0 amide bonds. The second-order valence-corrected chi connectivity index (χ2v) is 8.15. The summed E-state index contributed by atoms with van der Waals surface area (Å²) in [5.74, 6) is -0.644. The summed E-state index contributed by atoms with van der Waals surface area (Å²) in [6.07, 6.45) is -4.48. The van der Waals surface area contributed by atoms with Crippen LogP contribution >= 0.6 is 0 Å². The first-order chi connectivity index (χ1) is 16.7. The van der Waals surface area contributed by atoms with Gasteiger partial charge in [0.2, 0.25) is 11.8 Å². The van der Waals surface area contributed by atoms with Gasteiger partial charge in [0.25, 0.3) is 0 Å². The van der Waals surface area contributed by atoms with E-state index in [0.29, 0.717) is 28.2 Å². The molecule has 1 atom stereocenters. The van der Waals surface area contributed by atoms with Crippen LogP contribution < -0.4 is 10.5 Å². The summed E-state index contributed by atoms with van der Waals surface area (Å²) in [4.78, 5) is 0. The van der Waals surface area contributed by atoms with Crippen LogP contribution in [0.3, 0.4) is 0 Å². The third-order valence-electron chi connectivity index (χ3n) is 5.86. The lowest BCUT2D eigenvalue weighted by molar-refractivity contribution is -0.137. The predicted octanol–water partition coefficient (Wildman–Crippen LogP) is 4.82. The Labute approximate surface area is 198 Å². The van der Waals surface area contributed by atoms with Gasteiger partial charge in [-0.15, -0.1) is 0 Å². The zero-order valence-electron chi connectivity index (χ0n) is 18.7. The van der Waals surface area contributed by atoms with Crippen LogP contribution in [-0.4, -0.2) is 19.6 Å². The molecule has 2 aromatic carbocycles. The molecule has 0 saturated carbocycles. The fraction of sp³-hybridized carbons (Fsp3) is 0.160. The minimum atomic E-state index is -4.48. The molecule has 176 valence electrons. The molecule has 0 aliphatic carbocycles. The number of aryl methyl sites for hydroxylation is 2. The Morgan fingerprint density at radius 3 is 2.31 bits per heavy atom. The highest BCUT2D eigenvalue weighted by molar-refractivity contribution is 5.70. The van der Waals surface area contributed by atoms with Crippen LogP contribution in [0, 0.1) is 18.3 Å². The van der Waals surface area contributed by atoms with Crippen LogP contribution in [-0.2, 0) is 13.2 Å². The average Bonchev–Trinajstić information content (AvgIpc) is 3.36. The largest absolute Gasteiger partial charge is 0.422 e. The lowest BCUT2D eigenvalue weighted by Gasteiger charge is -2.25. The normalized spacial score (nSPS) is 15.5. The van der Waals surface area contributed by atoms with Crippen molar-refractivity contribution in [2.45, 2.75) is 19.0 Å². The summed E-state index contributed by atoms with van der Waals surface area (Å²) < 4.78 is 48.8. The third kappa shape index (κ3) is 3.71. The summed E-state index contributed by atoms with van der Waals surface area (Å²) in [7, 11) is 1.77. The fourth-order valence-electron chi connectivity index (χ4n) is 4.30. The van der Waals surface area contributed by atoms with Crippen LogP contribution in [0.25, 0.3) is 17.1 Å². The summed E-state index contributed by atoms with van der Waals surface area (Å²) in [5, 5.41) is 19.2. The Morgan fingerprint density at radius 1 is 1.06 bits per heavy atom. The number of hydrogen-bond donors (Lipinski definition) is 1. The van der Waals surface area contributed by atoms with Crippen LogP contribution in [0.2, 0.25) is 0 Å². The van der Waals surface area contributed by atoms with Crippen molar-refractivity contribution in [1.82, 2.24) is 19.6 Å². The standard InChI is InChI=1S/C25H19F3N6O/c1-14-12-19(33(2)31-14)22-21-20(15-8-10-16(11-9-15)25(26,27)28)18(13-29)23(30)35-24(21)34(32-22)17-6-4-3-5-7-17/h3-12,20H,30H2,1-2H3. The molecule has 5 rings (SSSR count). The predicted molar refractivity (Wildman–Crippen MR) is 121 cm³/mol. The molecule has 35 heavy (non-hydrogen) atoms. The summed E-state index contributed by atoms with van der Waals surface area (Å²) in [6, 6.07) is 17.8. The van der Waals surface area contributed by atoms with Crippen LogP contribution in [0.15, 0.2) is 72.1 Å². The van der Waals surface area contributed by atoms with E-state index in [2.05, 4.69) is 11.2 Å². The maximum absolute atomic E-state index is 13.2. The Kier molecular flexibility index (Phi) is 5.13. The second kappa shape index (κ2) is 8.06. The lowest BCUT2D eigenvalue weighted by atomic mass is 9.83. The zero-order chi connectivity index (χ0) is 24.9. The molecule has 1 unspecified atom stereocenters. The van der Waals surface area contributed by atoms with E-state index in [9.17, 15) is 18.4 Å². The molecule has 3 heterocycles. The number of nitrogens with zero attached hydrogens (tertiary/aromatic N) is 5. The number of alkyl halides is 3. The van der Waals surface area contributed by atoms with Gasteiger partial charge in [-0.25, -0.2) is 0 Å². The number of para-hydroxylation sites is 1. The van der Waals surface area contributed by atoms with Crippen LogP contribution in [0.4, 0.5) is 13.2 Å². The summed E-state index contributed by atoms with van der Waals surface area (Å²) >= 11 is 0. The maximum atomic E-state index is 13.2. The van der Waals surface area contributed by atoms with E-state index in [1.54, 1.807) is 16.4 Å². The van der Waals surface area contributed by atoms with Crippen LogP contribution in [0.1, 0.15) is 28.3 Å². The van der Waals surface area contributed by atoms with E-state index in [-0.39, 0.29) is 17.3 Å². The first kappa shape index (κ1) is 22.3. The second-order valence-electron chi connectivity index (χ2n) is 8.15. The molecule has 1 aliphatic heterocycles. The number of aromatic nitrogens is 4. The van der Waals surface area contributed by atoms with Gasteiger partial charge in [-0.05, 0) is 42.8 Å². The number of rotatable bonds is 3. The molecule has 0 saturated heterocycles. The Hall–Kier alpha value is -4.52. The molecule has 0 radical (unpaired) electrons. The minimum Gasteiger partial charge on any atom is -0.422 e. The molecular formula is C25H19F3N6O. The quantitative estimate of drug-likeness (QED) is 0.458. The highest BCUT2D eigenvalue weighted by Crippen LogP contribution is 2.48. The van der Waals surface area contributed by atoms with Gasteiger partial charge in [0, 0.05) is 7.05 Å². The Balaban J connectivity index is 1.80. The van der Waals surface area contributed by atoms with Crippen molar-refractivity contribution in [3.05, 3.63) is 94.5 Å². The van der Waals surface area contributed by atoms with E-state index in [1.807, 2.05) is 43.3 Å². The van der Waals surface area contributed by atoms with Crippen molar-refractivity contribution in [2.75, 3.05) is 0 Å². The lowest BCUT2D eigenvalue weighted by Crippen LogP contribution is -2.22. The van der Waals surface area contributed by atoms with Crippen LogP contribution in [0.5, 0.6) is 5.88 Å². The molecule has 4 aromatic rings. The number of ether oxygens (including phenoxy) is 1. The van der Waals surface area contributed by atoms with E-state index < -0.39 is 17.7 Å². The molecule has 0 bridgehead atoms. The van der Waals surface area contributed by atoms with E-state index >= 15 is 0 Å². The molecule has 1 aliphatic rings. The molecule has 0 fully saturated rings. The maximum Gasteiger partial charge on any atom is 0.416 e. The highest BCUT2D eigenvalue weighted by Gasteiger charge is 2.39. The smallest absolute Gasteiger partial charge is 0.416 e. The fourth-order valence-corrected chi connectivity index (χ4v) is 4.30. The zero-order valence-corrected chi connectivity index (χ0v) is 18.7. The van der Waals surface area contributed by atoms with Crippen molar-refractivity contribution in [2.24, 2.45) is 12.8 Å². The number of nitrogens with two attached hydrogens (primary N) is 1. The minimum absolute atomic E-state index is 0.0880. The number of allylic oxidation sites excluding steroid dienone is 1. The summed E-state index contributed by atoms with van der Waals surface area (Å²) in [5.41, 5.74) is 9.01. The molecule has 7 nitrogen and oxygen atoms in total. The van der Waals surface area contributed by atoms with Crippen molar-refractivity contribution in [3.63, 3.8) is 0 Å². The number of halogens is 3. The Bertz CT molecular complexity index is 1490. The molecule has 2 aromatic heterocycles. The van der Waals surface area contributed by atoms with Gasteiger partial charge in [0.15, 0.2) is 0 Å². The monoisotopic (exact) mass is 476 g/mol. The van der Waals surface area contributed by atoms with Crippen molar-refractivity contribution >= 4 is 0 Å². The van der Waals surface area contributed by atoms with E-state index in [4.69, 9.17) is 15.6 Å². The average molecular weight is 476 g/mol. The number of benzene rings is 2. The molecular weight excluding hydrogens is 457 g/mol. The van der Waals surface area contributed by atoms with E-state index in [0.717, 1.165) is 17.8 Å². The van der Waals surface area contributed by atoms with Gasteiger partial charge in [-0.1, -0.05) is 30.3 Å². The highest BCUT2D eigenvalue weighted by atomic mass is 19.4. The van der Waals surface area contributed by atoms with Gasteiger partial charge < -0.3 is 10.5 Å². The van der Waals surface area contributed by atoms with Gasteiger partial charge in [-0.2, -0.15) is 33.3 Å².